The van der Waals surface area contributed by atoms with E-state index in [1.807, 2.05) is 0 Å². The highest BCUT2D eigenvalue weighted by Gasteiger charge is 2.33. The number of carbonyl (C=O) groups is 3. The maximum atomic E-state index is 13.1. The van der Waals surface area contributed by atoms with Crippen molar-refractivity contribution in [1.82, 2.24) is 14.9 Å². The van der Waals surface area contributed by atoms with E-state index in [-0.39, 0.29) is 28.1 Å². The Morgan fingerprint density at radius 3 is 2.42 bits per heavy atom. The van der Waals surface area contributed by atoms with Gasteiger partial charge in [-0.25, -0.2) is 19.6 Å². The highest BCUT2D eigenvalue weighted by atomic mass is 19.4. The molecule has 1 unspecified atom stereocenters. The number of amides is 1. The summed E-state index contributed by atoms with van der Waals surface area (Å²) in [6, 6.07) is 8.00. The number of hydrogen-bond acceptors (Lipinski definition) is 7. The van der Waals surface area contributed by atoms with Crippen molar-refractivity contribution in [2.24, 2.45) is 0 Å². The van der Waals surface area contributed by atoms with Crippen molar-refractivity contribution in [2.75, 3.05) is 19.0 Å². The molecule has 0 bridgehead atoms. The van der Waals surface area contributed by atoms with Crippen molar-refractivity contribution in [2.45, 2.75) is 31.5 Å². The van der Waals surface area contributed by atoms with E-state index in [1.165, 1.54) is 29.2 Å². The summed E-state index contributed by atoms with van der Waals surface area (Å²) in [5, 5.41) is 12.3. The molecule has 1 amide bonds. The van der Waals surface area contributed by atoms with Crippen LogP contribution in [0, 0.1) is 0 Å². The molecule has 36 heavy (non-hydrogen) atoms. The number of aliphatic carboxylic acids is 1. The van der Waals surface area contributed by atoms with Crippen molar-refractivity contribution < 1.29 is 37.4 Å². The largest absolute Gasteiger partial charge is 0.480 e. The van der Waals surface area contributed by atoms with Gasteiger partial charge in [0.25, 0.3) is 5.91 Å². The van der Waals surface area contributed by atoms with Crippen molar-refractivity contribution >= 4 is 40.4 Å². The predicted molar refractivity (Wildman–Crippen MR) is 122 cm³/mol. The molecule has 2 aromatic carbocycles. The second-order valence-electron chi connectivity index (χ2n) is 8.16. The van der Waals surface area contributed by atoms with Gasteiger partial charge in [-0.05, 0) is 61.7 Å². The Morgan fingerprint density at radius 2 is 1.78 bits per heavy atom. The zero-order chi connectivity index (χ0) is 26.0. The van der Waals surface area contributed by atoms with Gasteiger partial charge in [0.2, 0.25) is 0 Å². The summed E-state index contributed by atoms with van der Waals surface area (Å²) in [6.07, 6.45) is -2.74. The third kappa shape index (κ3) is 5.07. The van der Waals surface area contributed by atoms with Gasteiger partial charge in [0, 0.05) is 17.8 Å². The maximum Gasteiger partial charge on any atom is 0.416 e. The van der Waals surface area contributed by atoms with Crippen LogP contribution in [0.15, 0.2) is 42.5 Å². The van der Waals surface area contributed by atoms with Gasteiger partial charge >= 0.3 is 18.1 Å². The van der Waals surface area contributed by atoms with E-state index in [2.05, 4.69) is 15.3 Å². The summed E-state index contributed by atoms with van der Waals surface area (Å²) in [6.45, 7) is 0.348. The number of esters is 1. The molecular weight excluding hydrogens is 481 g/mol. The molecule has 1 atom stereocenters. The topological polar surface area (TPSA) is 122 Å². The lowest BCUT2D eigenvalue weighted by Crippen LogP contribution is -2.47. The number of nitrogens with one attached hydrogen (secondary N) is 1. The first kappa shape index (κ1) is 24.9. The third-order valence-corrected chi connectivity index (χ3v) is 5.81. The van der Waals surface area contributed by atoms with Crippen LogP contribution in [0.5, 0.6) is 0 Å². The van der Waals surface area contributed by atoms with Crippen LogP contribution in [0.4, 0.5) is 24.7 Å². The van der Waals surface area contributed by atoms with Crippen LogP contribution in [0.25, 0.3) is 11.0 Å². The number of likely N-dealkylation sites (tertiary alicyclic amines) is 1. The van der Waals surface area contributed by atoms with Crippen LogP contribution in [0.3, 0.4) is 0 Å². The third-order valence-electron chi connectivity index (χ3n) is 5.81. The summed E-state index contributed by atoms with van der Waals surface area (Å²) in [7, 11) is 1.11. The van der Waals surface area contributed by atoms with E-state index in [1.54, 1.807) is 0 Å². The Balaban J connectivity index is 1.62. The van der Waals surface area contributed by atoms with E-state index >= 15 is 0 Å². The van der Waals surface area contributed by atoms with E-state index in [0.29, 0.717) is 18.7 Å². The van der Waals surface area contributed by atoms with Crippen LogP contribution >= 0.6 is 0 Å². The number of aromatic nitrogens is 2. The number of methoxy groups -OCH3 is 1. The fourth-order valence-electron chi connectivity index (χ4n) is 3.99. The molecule has 1 aliphatic rings. The molecule has 2 heterocycles. The van der Waals surface area contributed by atoms with Crippen LogP contribution in [0.2, 0.25) is 0 Å². The van der Waals surface area contributed by atoms with Crippen molar-refractivity contribution in [1.29, 1.82) is 0 Å². The van der Waals surface area contributed by atoms with E-state index in [0.717, 1.165) is 38.2 Å². The highest BCUT2D eigenvalue weighted by molar-refractivity contribution is 5.98. The Morgan fingerprint density at radius 1 is 1.06 bits per heavy atom. The number of alkyl halides is 3. The molecule has 2 N–H and O–H groups in total. The van der Waals surface area contributed by atoms with Gasteiger partial charge in [0.05, 0.1) is 23.7 Å². The fraction of sp³-hybridized carbons (Fsp3) is 0.292. The maximum absolute atomic E-state index is 13.1. The molecule has 1 aromatic heterocycles. The first-order valence-electron chi connectivity index (χ1n) is 11.0. The van der Waals surface area contributed by atoms with Crippen molar-refractivity contribution in [3.8, 4) is 0 Å². The van der Waals surface area contributed by atoms with Crippen LogP contribution in [-0.4, -0.2) is 57.5 Å². The Bertz CT molecular complexity index is 1330. The Hall–Kier alpha value is -4.22. The zero-order valence-electron chi connectivity index (χ0n) is 19.0. The molecule has 0 aliphatic carbocycles. The first-order valence-corrected chi connectivity index (χ1v) is 11.0. The summed E-state index contributed by atoms with van der Waals surface area (Å²) in [4.78, 5) is 46.3. The number of halogens is 3. The minimum atomic E-state index is -4.59. The number of carboxylic acids is 1. The molecule has 188 valence electrons. The second kappa shape index (κ2) is 9.80. The highest BCUT2D eigenvalue weighted by Crippen LogP contribution is 2.32. The minimum Gasteiger partial charge on any atom is -0.480 e. The van der Waals surface area contributed by atoms with Crippen LogP contribution in [-0.2, 0) is 15.7 Å². The summed E-state index contributed by atoms with van der Waals surface area (Å²) >= 11 is 0. The SMILES string of the molecule is COC(=O)c1nc2cc(C(F)(F)F)ccc2nc1Nc1ccc(C(=O)N2CCCCC2C(=O)O)cc1. The average molecular weight is 502 g/mol. The monoisotopic (exact) mass is 502 g/mol. The molecule has 0 spiro atoms. The Labute approximate surface area is 202 Å². The number of fused-ring (bicyclic) bond motifs is 1. The van der Waals surface area contributed by atoms with Gasteiger partial charge in [-0.2, -0.15) is 13.2 Å². The van der Waals surface area contributed by atoms with E-state index in [4.69, 9.17) is 4.74 Å². The van der Waals surface area contributed by atoms with Gasteiger partial charge in [0.15, 0.2) is 11.5 Å². The molecule has 1 saturated heterocycles. The standard InChI is InChI=1S/C24H21F3N4O5/c1-36-23(35)19-20(30-16-10-7-14(24(25,26)27)12-17(16)29-19)28-15-8-5-13(6-9-15)21(32)31-11-3-2-4-18(31)22(33)34/h5-10,12,18H,2-4,11H2,1H3,(H,28,30)(H,33,34). The molecule has 4 rings (SSSR count). The number of ether oxygens (including phenoxy) is 1. The number of hydrogen-bond donors (Lipinski definition) is 2. The molecule has 1 aliphatic heterocycles. The molecule has 3 aromatic rings. The number of benzene rings is 2. The quantitative estimate of drug-likeness (QED) is 0.497. The van der Waals surface area contributed by atoms with Crippen molar-refractivity contribution in [3.05, 3.63) is 59.3 Å². The second-order valence-corrected chi connectivity index (χ2v) is 8.16. The number of carboxylic acid groups (broad SMARTS) is 1. The summed E-state index contributed by atoms with van der Waals surface area (Å²) < 4.78 is 43.9. The van der Waals surface area contributed by atoms with Gasteiger partial charge in [-0.3, -0.25) is 4.79 Å². The van der Waals surface area contributed by atoms with Crippen LogP contribution in [0.1, 0.15) is 45.7 Å². The predicted octanol–water partition coefficient (Wildman–Crippen LogP) is 4.26. The van der Waals surface area contributed by atoms with Gasteiger partial charge in [-0.1, -0.05) is 0 Å². The number of carbonyl (C=O) groups excluding carboxylic acids is 2. The fourth-order valence-corrected chi connectivity index (χ4v) is 3.99. The molecule has 12 heteroatoms. The van der Waals surface area contributed by atoms with Crippen LogP contribution < -0.4 is 5.32 Å². The molecule has 1 fully saturated rings. The van der Waals surface area contributed by atoms with Gasteiger partial charge in [0.1, 0.15) is 6.04 Å². The lowest BCUT2D eigenvalue weighted by atomic mass is 10.0. The normalized spacial score (nSPS) is 16.0. The molecule has 9 nitrogen and oxygen atoms in total. The lowest BCUT2D eigenvalue weighted by Gasteiger charge is -2.33. The van der Waals surface area contributed by atoms with E-state index in [9.17, 15) is 32.7 Å². The summed E-state index contributed by atoms with van der Waals surface area (Å²) in [5.41, 5.74) is -0.570. The zero-order valence-corrected chi connectivity index (χ0v) is 19.0. The number of nitrogens with zero attached hydrogens (tertiary/aromatic N) is 3. The lowest BCUT2D eigenvalue weighted by molar-refractivity contribution is -0.143. The smallest absolute Gasteiger partial charge is 0.416 e. The molecular formula is C24H21F3N4O5. The number of anilines is 2. The summed E-state index contributed by atoms with van der Waals surface area (Å²) in [5.74, 6) is -2.40. The minimum absolute atomic E-state index is 0.0462. The Kier molecular flexibility index (Phi) is 6.77. The average Bonchev–Trinajstić information content (AvgIpc) is 2.87. The van der Waals surface area contributed by atoms with Crippen molar-refractivity contribution in [3.63, 3.8) is 0 Å². The van der Waals surface area contributed by atoms with Gasteiger partial charge in [-0.15, -0.1) is 0 Å². The van der Waals surface area contributed by atoms with Gasteiger partial charge < -0.3 is 20.1 Å². The molecule has 0 radical (unpaired) electrons. The number of piperidine rings is 1. The van der Waals surface area contributed by atoms with E-state index < -0.39 is 35.6 Å². The number of rotatable bonds is 5. The first-order chi connectivity index (χ1) is 17.1. The molecule has 0 saturated carbocycles.